The Labute approximate surface area is 110 Å². The molecule has 0 heterocycles. The minimum Gasteiger partial charge on any atom is -0.494 e. The van der Waals surface area contributed by atoms with Crippen LogP contribution in [0.5, 0.6) is 5.75 Å². The van der Waals surface area contributed by atoms with Crippen LogP contribution in [0.4, 0.5) is 4.39 Å². The second-order valence-electron chi connectivity index (χ2n) is 5.06. The molecule has 0 saturated heterocycles. The van der Waals surface area contributed by atoms with Crippen molar-refractivity contribution in [3.63, 3.8) is 0 Å². The monoisotopic (exact) mass is 250 g/mol. The van der Waals surface area contributed by atoms with Crippen molar-refractivity contribution >= 4 is 0 Å². The van der Waals surface area contributed by atoms with Crippen molar-refractivity contribution in [1.29, 1.82) is 0 Å². The van der Waals surface area contributed by atoms with E-state index in [2.05, 4.69) is 26.8 Å². The predicted octanol–water partition coefficient (Wildman–Crippen LogP) is 4.98. The number of rotatable bonds is 7. The summed E-state index contributed by atoms with van der Waals surface area (Å²) in [5.41, 5.74) is 1.38. The second-order valence-corrected chi connectivity index (χ2v) is 5.06. The van der Waals surface area contributed by atoms with Gasteiger partial charge in [-0.1, -0.05) is 18.6 Å². The number of ether oxygens (including phenoxy) is 1. The van der Waals surface area contributed by atoms with Crippen molar-refractivity contribution in [2.45, 2.75) is 40.0 Å². The van der Waals surface area contributed by atoms with Crippen LogP contribution in [0.1, 0.15) is 40.0 Å². The average Bonchev–Trinajstić information content (AvgIpc) is 2.31. The van der Waals surface area contributed by atoms with E-state index >= 15 is 0 Å². The van der Waals surface area contributed by atoms with Crippen molar-refractivity contribution in [3.05, 3.63) is 41.7 Å². The molecule has 0 aromatic heterocycles. The van der Waals surface area contributed by atoms with Gasteiger partial charge in [0.05, 0.1) is 6.61 Å². The van der Waals surface area contributed by atoms with Crippen LogP contribution in [0.15, 0.2) is 35.9 Å². The molecule has 1 aromatic rings. The maximum atomic E-state index is 12.7. The first-order valence-electron chi connectivity index (χ1n) is 6.59. The summed E-state index contributed by atoms with van der Waals surface area (Å²) in [7, 11) is 0. The Hall–Kier alpha value is -1.31. The zero-order chi connectivity index (χ0) is 13.4. The standard InChI is InChI=1S/C16H23FO/c1-13(2)5-4-6-14(3)11-12-18-16-9-7-15(17)8-10-16/h5,7-10,14H,4,6,11-12H2,1-3H3. The highest BCUT2D eigenvalue weighted by Gasteiger charge is 2.02. The molecule has 1 aromatic carbocycles. The lowest BCUT2D eigenvalue weighted by atomic mass is 10.0. The summed E-state index contributed by atoms with van der Waals surface area (Å²) in [6.07, 6.45) is 5.64. The molecule has 0 bridgehead atoms. The Morgan fingerprint density at radius 3 is 2.50 bits per heavy atom. The van der Waals surface area contributed by atoms with Gasteiger partial charge in [-0.2, -0.15) is 0 Å². The van der Waals surface area contributed by atoms with Crippen molar-refractivity contribution in [3.8, 4) is 5.75 Å². The van der Waals surface area contributed by atoms with Crippen molar-refractivity contribution in [1.82, 2.24) is 0 Å². The van der Waals surface area contributed by atoms with Crippen molar-refractivity contribution in [2.24, 2.45) is 5.92 Å². The summed E-state index contributed by atoms with van der Waals surface area (Å²) >= 11 is 0. The topological polar surface area (TPSA) is 9.23 Å². The Balaban J connectivity index is 2.17. The Bertz CT molecular complexity index is 363. The van der Waals surface area contributed by atoms with Crippen molar-refractivity contribution in [2.75, 3.05) is 6.61 Å². The van der Waals surface area contributed by atoms with Gasteiger partial charge in [-0.15, -0.1) is 0 Å². The Kier molecular flexibility index (Phi) is 6.48. The maximum absolute atomic E-state index is 12.7. The van der Waals surface area contributed by atoms with Crippen molar-refractivity contribution < 1.29 is 9.13 Å². The lowest BCUT2D eigenvalue weighted by Gasteiger charge is -2.11. The number of hydrogen-bond acceptors (Lipinski definition) is 1. The summed E-state index contributed by atoms with van der Waals surface area (Å²) in [6, 6.07) is 6.19. The van der Waals surface area contributed by atoms with Crippen LogP contribution >= 0.6 is 0 Å². The third-order valence-corrected chi connectivity index (χ3v) is 2.91. The molecule has 0 fully saturated rings. The quantitative estimate of drug-likeness (QED) is 0.620. The fraction of sp³-hybridized carbons (Fsp3) is 0.500. The second kappa shape index (κ2) is 7.91. The molecular weight excluding hydrogens is 227 g/mol. The van der Waals surface area contributed by atoms with E-state index in [4.69, 9.17) is 4.74 Å². The first-order chi connectivity index (χ1) is 8.58. The largest absolute Gasteiger partial charge is 0.494 e. The summed E-state index contributed by atoms with van der Waals surface area (Å²) in [4.78, 5) is 0. The van der Waals surface area contributed by atoms with E-state index in [1.807, 2.05) is 0 Å². The molecule has 0 spiro atoms. The van der Waals surface area contributed by atoms with Gasteiger partial charge in [0.15, 0.2) is 0 Å². The lowest BCUT2D eigenvalue weighted by molar-refractivity contribution is 0.279. The number of allylic oxidation sites excluding steroid dienone is 2. The summed E-state index contributed by atoms with van der Waals surface area (Å²) < 4.78 is 18.3. The van der Waals surface area contributed by atoms with Crippen LogP contribution in [0, 0.1) is 11.7 Å². The van der Waals surface area contributed by atoms with Gasteiger partial charge in [0.25, 0.3) is 0 Å². The molecule has 0 N–H and O–H groups in total. The smallest absolute Gasteiger partial charge is 0.123 e. The van der Waals surface area contributed by atoms with Crippen LogP contribution in [-0.2, 0) is 0 Å². The minimum absolute atomic E-state index is 0.225. The highest BCUT2D eigenvalue weighted by Crippen LogP contribution is 2.15. The molecule has 0 amide bonds. The van der Waals surface area contributed by atoms with Gasteiger partial charge in [0.2, 0.25) is 0 Å². The average molecular weight is 250 g/mol. The van der Waals surface area contributed by atoms with Gasteiger partial charge >= 0.3 is 0 Å². The Morgan fingerprint density at radius 2 is 1.89 bits per heavy atom. The SMILES string of the molecule is CC(C)=CCCC(C)CCOc1ccc(F)cc1. The number of benzene rings is 1. The fourth-order valence-electron chi connectivity index (χ4n) is 1.71. The molecule has 1 nitrogen and oxygen atoms in total. The normalized spacial score (nSPS) is 12.0. The van der Waals surface area contributed by atoms with Gasteiger partial charge in [-0.05, 0) is 63.3 Å². The summed E-state index contributed by atoms with van der Waals surface area (Å²) in [5, 5.41) is 0. The van der Waals surface area contributed by atoms with Gasteiger partial charge in [-0.25, -0.2) is 4.39 Å². The first kappa shape index (κ1) is 14.7. The van der Waals surface area contributed by atoms with Crippen LogP contribution in [0.2, 0.25) is 0 Å². The van der Waals surface area contributed by atoms with Gasteiger partial charge in [-0.3, -0.25) is 0 Å². The zero-order valence-corrected chi connectivity index (χ0v) is 11.6. The molecule has 1 unspecified atom stereocenters. The third kappa shape index (κ3) is 6.43. The van der Waals surface area contributed by atoms with Gasteiger partial charge in [0.1, 0.15) is 11.6 Å². The molecule has 0 radical (unpaired) electrons. The summed E-state index contributed by atoms with van der Waals surface area (Å²) in [5.74, 6) is 1.17. The molecule has 100 valence electrons. The molecule has 0 saturated carbocycles. The molecule has 1 atom stereocenters. The van der Waals surface area contributed by atoms with E-state index in [0.717, 1.165) is 18.6 Å². The molecule has 0 aliphatic carbocycles. The van der Waals surface area contributed by atoms with Crippen LogP contribution in [0.3, 0.4) is 0 Å². The van der Waals surface area contributed by atoms with E-state index in [-0.39, 0.29) is 5.82 Å². The van der Waals surface area contributed by atoms with E-state index in [1.54, 1.807) is 12.1 Å². The zero-order valence-electron chi connectivity index (χ0n) is 11.6. The number of halogens is 1. The lowest BCUT2D eigenvalue weighted by Crippen LogP contribution is -2.04. The predicted molar refractivity (Wildman–Crippen MR) is 74.3 cm³/mol. The third-order valence-electron chi connectivity index (χ3n) is 2.91. The van der Waals surface area contributed by atoms with Crippen LogP contribution < -0.4 is 4.74 Å². The van der Waals surface area contributed by atoms with Gasteiger partial charge in [0, 0.05) is 0 Å². The van der Waals surface area contributed by atoms with E-state index in [0.29, 0.717) is 12.5 Å². The van der Waals surface area contributed by atoms with Crippen LogP contribution in [-0.4, -0.2) is 6.61 Å². The van der Waals surface area contributed by atoms with E-state index in [1.165, 1.54) is 24.1 Å². The molecule has 1 rings (SSSR count). The highest BCUT2D eigenvalue weighted by molar-refractivity contribution is 5.21. The Morgan fingerprint density at radius 1 is 1.22 bits per heavy atom. The molecular formula is C16H23FO. The maximum Gasteiger partial charge on any atom is 0.123 e. The highest BCUT2D eigenvalue weighted by atomic mass is 19.1. The van der Waals surface area contributed by atoms with E-state index < -0.39 is 0 Å². The van der Waals surface area contributed by atoms with E-state index in [9.17, 15) is 4.39 Å². The first-order valence-corrected chi connectivity index (χ1v) is 6.59. The van der Waals surface area contributed by atoms with Crippen LogP contribution in [0.25, 0.3) is 0 Å². The van der Waals surface area contributed by atoms with Gasteiger partial charge < -0.3 is 4.74 Å². The molecule has 18 heavy (non-hydrogen) atoms. The number of hydrogen-bond donors (Lipinski definition) is 0. The molecule has 2 heteroatoms. The molecule has 0 aliphatic rings. The molecule has 0 aliphatic heterocycles. The fourth-order valence-corrected chi connectivity index (χ4v) is 1.71. The summed E-state index contributed by atoms with van der Waals surface area (Å²) in [6.45, 7) is 7.19. The minimum atomic E-state index is -0.225.